The number of fused-ring (bicyclic) bond motifs is 1. The van der Waals surface area contributed by atoms with Crippen LogP contribution in [0.1, 0.15) is 30.0 Å². The van der Waals surface area contributed by atoms with Crippen LogP contribution in [-0.4, -0.2) is 37.3 Å². The van der Waals surface area contributed by atoms with Crippen molar-refractivity contribution in [3.05, 3.63) is 60.4 Å². The molecule has 0 radical (unpaired) electrons. The van der Waals surface area contributed by atoms with Crippen molar-refractivity contribution in [3.8, 4) is 0 Å². The molecule has 0 spiro atoms. The van der Waals surface area contributed by atoms with Crippen molar-refractivity contribution in [3.63, 3.8) is 0 Å². The molecule has 0 N–H and O–H groups in total. The molecule has 5 nitrogen and oxygen atoms in total. The van der Waals surface area contributed by atoms with Crippen LogP contribution >= 0.6 is 0 Å². The smallest absolute Gasteiger partial charge is 0.233 e. The van der Waals surface area contributed by atoms with Gasteiger partial charge in [-0.1, -0.05) is 0 Å². The van der Waals surface area contributed by atoms with Crippen molar-refractivity contribution in [2.24, 2.45) is 0 Å². The van der Waals surface area contributed by atoms with Crippen LogP contribution in [0.4, 0.5) is 0 Å². The quantitative estimate of drug-likeness (QED) is 0.744. The van der Waals surface area contributed by atoms with Gasteiger partial charge in [-0.05, 0) is 43.1 Å². The van der Waals surface area contributed by atoms with E-state index in [-0.39, 0.29) is 0 Å². The Labute approximate surface area is 129 Å². The zero-order valence-corrected chi connectivity index (χ0v) is 12.5. The highest BCUT2D eigenvalue weighted by molar-refractivity contribution is 5.31. The normalized spacial score (nSPS) is 19.5. The van der Waals surface area contributed by atoms with E-state index in [4.69, 9.17) is 0 Å². The molecule has 5 heteroatoms. The fourth-order valence-electron chi connectivity index (χ4n) is 3.37. The Hall–Kier alpha value is -2.27. The maximum absolute atomic E-state index is 4.31. The lowest BCUT2D eigenvalue weighted by atomic mass is 9.94. The molecule has 3 aromatic rings. The first-order valence-corrected chi connectivity index (χ1v) is 7.79. The number of likely N-dealkylation sites (tertiary alicyclic amines) is 1. The van der Waals surface area contributed by atoms with Crippen LogP contribution in [0.2, 0.25) is 0 Å². The third-order valence-corrected chi connectivity index (χ3v) is 4.41. The van der Waals surface area contributed by atoms with Gasteiger partial charge in [0.1, 0.15) is 0 Å². The number of piperidine rings is 1. The van der Waals surface area contributed by atoms with E-state index in [1.54, 1.807) is 0 Å². The number of pyridine rings is 1. The molecule has 1 aliphatic heterocycles. The Bertz CT molecular complexity index is 752. The summed E-state index contributed by atoms with van der Waals surface area (Å²) in [4.78, 5) is 15.2. The molecular formula is C17H19N5. The zero-order chi connectivity index (χ0) is 14.8. The average molecular weight is 293 g/mol. The summed E-state index contributed by atoms with van der Waals surface area (Å²) >= 11 is 0. The summed E-state index contributed by atoms with van der Waals surface area (Å²) in [6, 6.07) is 6.34. The topological polar surface area (TPSA) is 46.3 Å². The summed E-state index contributed by atoms with van der Waals surface area (Å²) < 4.78 is 2.13. The molecule has 4 heterocycles. The van der Waals surface area contributed by atoms with E-state index in [0.29, 0.717) is 5.92 Å². The van der Waals surface area contributed by atoms with Gasteiger partial charge >= 0.3 is 0 Å². The summed E-state index contributed by atoms with van der Waals surface area (Å²) in [5.74, 6) is 1.33. The molecule has 0 amide bonds. The number of rotatable bonds is 3. The van der Waals surface area contributed by atoms with Gasteiger partial charge in [0.15, 0.2) is 0 Å². The molecule has 1 fully saturated rings. The third-order valence-electron chi connectivity index (χ3n) is 4.41. The predicted molar refractivity (Wildman–Crippen MR) is 84.5 cm³/mol. The van der Waals surface area contributed by atoms with Gasteiger partial charge in [-0.2, -0.15) is 0 Å². The lowest BCUT2D eigenvalue weighted by Gasteiger charge is -2.33. The van der Waals surface area contributed by atoms with Gasteiger partial charge in [0.05, 0.1) is 0 Å². The number of hydrogen-bond acceptors (Lipinski definition) is 4. The first-order valence-electron chi connectivity index (χ1n) is 7.79. The Kier molecular flexibility index (Phi) is 3.56. The van der Waals surface area contributed by atoms with Crippen molar-refractivity contribution in [2.45, 2.75) is 25.3 Å². The summed E-state index contributed by atoms with van der Waals surface area (Å²) in [5, 5.41) is 0. The second-order valence-electron chi connectivity index (χ2n) is 5.90. The Morgan fingerprint density at radius 2 is 1.91 bits per heavy atom. The Morgan fingerprint density at radius 3 is 2.82 bits per heavy atom. The van der Waals surface area contributed by atoms with Gasteiger partial charge in [-0.25, -0.2) is 9.97 Å². The number of hydrogen-bond donors (Lipinski definition) is 0. The highest BCUT2D eigenvalue weighted by Gasteiger charge is 2.23. The average Bonchev–Trinajstić information content (AvgIpc) is 3.04. The minimum absolute atomic E-state index is 0.537. The summed E-state index contributed by atoms with van der Waals surface area (Å²) in [6.07, 6.45) is 11.9. The minimum Gasteiger partial charge on any atom is -0.298 e. The molecule has 1 saturated heterocycles. The molecule has 0 unspecified atom stereocenters. The summed E-state index contributed by atoms with van der Waals surface area (Å²) in [7, 11) is 0. The highest BCUT2D eigenvalue weighted by atomic mass is 15.1. The minimum atomic E-state index is 0.537. The second-order valence-corrected chi connectivity index (χ2v) is 5.90. The van der Waals surface area contributed by atoms with E-state index in [1.165, 1.54) is 24.1 Å². The van der Waals surface area contributed by atoms with E-state index in [9.17, 15) is 0 Å². The van der Waals surface area contributed by atoms with Gasteiger partial charge in [0.25, 0.3) is 0 Å². The van der Waals surface area contributed by atoms with E-state index in [0.717, 1.165) is 25.4 Å². The molecule has 0 aliphatic carbocycles. The molecule has 4 rings (SSSR count). The maximum Gasteiger partial charge on any atom is 0.233 e. The van der Waals surface area contributed by atoms with Crippen LogP contribution in [0.5, 0.6) is 0 Å². The van der Waals surface area contributed by atoms with E-state index in [2.05, 4.69) is 42.5 Å². The fourth-order valence-corrected chi connectivity index (χ4v) is 3.37. The molecule has 1 atom stereocenters. The first kappa shape index (κ1) is 13.4. The SMILES string of the molecule is c1cc(CN2CCC[C@H](c3ccnc4nccn34)C2)ccn1. The van der Waals surface area contributed by atoms with Crippen molar-refractivity contribution >= 4 is 5.78 Å². The molecule has 112 valence electrons. The lowest BCUT2D eigenvalue weighted by molar-refractivity contribution is 0.198. The first-order chi connectivity index (χ1) is 10.9. The summed E-state index contributed by atoms with van der Waals surface area (Å²) in [5.41, 5.74) is 2.65. The lowest BCUT2D eigenvalue weighted by Crippen LogP contribution is -2.34. The van der Waals surface area contributed by atoms with Crippen LogP contribution < -0.4 is 0 Å². The van der Waals surface area contributed by atoms with Crippen LogP contribution in [0, 0.1) is 0 Å². The molecule has 0 saturated carbocycles. The van der Waals surface area contributed by atoms with Crippen LogP contribution in [0.3, 0.4) is 0 Å². The highest BCUT2D eigenvalue weighted by Crippen LogP contribution is 2.27. The Balaban J connectivity index is 1.55. The van der Waals surface area contributed by atoms with Crippen LogP contribution in [-0.2, 0) is 6.54 Å². The third kappa shape index (κ3) is 2.60. The van der Waals surface area contributed by atoms with Gasteiger partial charge in [0, 0.05) is 55.7 Å². The predicted octanol–water partition coefficient (Wildman–Crippen LogP) is 2.50. The zero-order valence-electron chi connectivity index (χ0n) is 12.5. The number of aromatic nitrogens is 4. The van der Waals surface area contributed by atoms with Crippen molar-refractivity contribution in [1.29, 1.82) is 0 Å². The van der Waals surface area contributed by atoms with Gasteiger partial charge < -0.3 is 0 Å². The number of imidazole rings is 1. The molecule has 1 aliphatic rings. The maximum atomic E-state index is 4.31. The molecular weight excluding hydrogens is 274 g/mol. The molecule has 22 heavy (non-hydrogen) atoms. The van der Waals surface area contributed by atoms with Crippen LogP contribution in [0.25, 0.3) is 5.78 Å². The molecule has 3 aromatic heterocycles. The fraction of sp³-hybridized carbons (Fsp3) is 0.353. The van der Waals surface area contributed by atoms with Gasteiger partial charge in [-0.15, -0.1) is 0 Å². The summed E-state index contributed by atoms with van der Waals surface area (Å²) in [6.45, 7) is 3.24. The van der Waals surface area contributed by atoms with Crippen molar-refractivity contribution < 1.29 is 0 Å². The standard InChI is InChI=1S/C17H19N5/c1-2-15(16-5-8-19-17-20-9-11-22(16)17)13-21(10-1)12-14-3-6-18-7-4-14/h3-9,11,15H,1-2,10,12-13H2/t15-/m0/s1. The largest absolute Gasteiger partial charge is 0.298 e. The Morgan fingerprint density at radius 1 is 1.05 bits per heavy atom. The van der Waals surface area contributed by atoms with Crippen molar-refractivity contribution in [1.82, 2.24) is 24.3 Å². The molecule has 0 aromatic carbocycles. The number of nitrogens with zero attached hydrogens (tertiary/aromatic N) is 5. The van der Waals surface area contributed by atoms with E-state index < -0.39 is 0 Å². The van der Waals surface area contributed by atoms with Crippen LogP contribution in [0.15, 0.2) is 49.2 Å². The monoisotopic (exact) mass is 293 g/mol. The molecule has 0 bridgehead atoms. The van der Waals surface area contributed by atoms with Crippen molar-refractivity contribution in [2.75, 3.05) is 13.1 Å². The van der Waals surface area contributed by atoms with E-state index in [1.807, 2.05) is 31.0 Å². The van der Waals surface area contributed by atoms with E-state index >= 15 is 0 Å². The second kappa shape index (κ2) is 5.85. The van der Waals surface area contributed by atoms with Gasteiger partial charge in [-0.3, -0.25) is 14.3 Å². The van der Waals surface area contributed by atoms with Gasteiger partial charge in [0.2, 0.25) is 5.78 Å².